The van der Waals surface area contributed by atoms with Crippen molar-refractivity contribution in [3.63, 3.8) is 0 Å². The molecule has 7 heteroatoms. The van der Waals surface area contributed by atoms with E-state index in [0.29, 0.717) is 29.1 Å². The summed E-state index contributed by atoms with van der Waals surface area (Å²) in [5.41, 5.74) is 0.0261. The topological polar surface area (TPSA) is 72.7 Å². The van der Waals surface area contributed by atoms with Crippen LogP contribution in [0.3, 0.4) is 0 Å². The number of Topliss-reactive ketones (excluding diaryl/α,β-unsaturated/α-hetero) is 1. The predicted molar refractivity (Wildman–Crippen MR) is 73.2 cm³/mol. The summed E-state index contributed by atoms with van der Waals surface area (Å²) in [7, 11) is 1.61. The van der Waals surface area contributed by atoms with Gasteiger partial charge in [-0.25, -0.2) is 0 Å². The lowest BCUT2D eigenvalue weighted by Gasteiger charge is -2.21. The number of nitrogens with zero attached hydrogens (tertiary/aromatic N) is 2. The van der Waals surface area contributed by atoms with E-state index in [1.54, 1.807) is 7.11 Å². The van der Waals surface area contributed by atoms with Crippen LogP contribution < -0.4 is 4.90 Å². The van der Waals surface area contributed by atoms with Crippen molar-refractivity contribution in [3.05, 3.63) is 21.1 Å². The number of carbonyl (C=O) groups excluding carboxylic acids is 1. The van der Waals surface area contributed by atoms with Gasteiger partial charge in [-0.1, -0.05) is 0 Å². The minimum Gasteiger partial charge on any atom is -0.383 e. The Balaban J connectivity index is 2.33. The number of ketones is 1. The van der Waals surface area contributed by atoms with E-state index >= 15 is 0 Å². The highest BCUT2D eigenvalue weighted by Gasteiger charge is 2.35. The second-order valence-electron chi connectivity index (χ2n) is 4.53. The van der Waals surface area contributed by atoms with Crippen molar-refractivity contribution < 1.29 is 14.5 Å². The fourth-order valence-electron chi connectivity index (χ4n) is 1.91. The van der Waals surface area contributed by atoms with Crippen molar-refractivity contribution in [3.8, 4) is 0 Å². The lowest BCUT2D eigenvalue weighted by atomic mass is 10.3. The molecule has 2 rings (SSSR count). The Kier molecular flexibility index (Phi) is 4.16. The van der Waals surface area contributed by atoms with E-state index < -0.39 is 4.92 Å². The van der Waals surface area contributed by atoms with E-state index in [-0.39, 0.29) is 11.5 Å². The molecule has 0 spiro atoms. The third-order valence-corrected chi connectivity index (χ3v) is 4.28. The molecule has 1 fully saturated rings. The van der Waals surface area contributed by atoms with E-state index in [1.165, 1.54) is 24.3 Å². The first-order valence-corrected chi connectivity index (χ1v) is 6.91. The molecule has 0 N–H and O–H groups in total. The molecule has 1 aliphatic carbocycles. The number of methoxy groups -OCH3 is 1. The number of hydrogen-bond donors (Lipinski definition) is 0. The third-order valence-electron chi connectivity index (χ3n) is 3.02. The van der Waals surface area contributed by atoms with E-state index in [4.69, 9.17) is 4.74 Å². The van der Waals surface area contributed by atoms with Crippen LogP contribution in [0.15, 0.2) is 6.07 Å². The van der Waals surface area contributed by atoms with Crippen molar-refractivity contribution in [1.82, 2.24) is 0 Å². The van der Waals surface area contributed by atoms with Crippen LogP contribution in [0.4, 0.5) is 10.7 Å². The molecule has 1 aliphatic rings. The smallest absolute Gasteiger partial charge is 0.304 e. The van der Waals surface area contributed by atoms with Gasteiger partial charge in [0, 0.05) is 25.8 Å². The lowest BCUT2D eigenvalue weighted by Crippen LogP contribution is -2.29. The fourth-order valence-corrected chi connectivity index (χ4v) is 3.03. The van der Waals surface area contributed by atoms with Crippen LogP contribution in [0.2, 0.25) is 0 Å². The molecule has 0 saturated heterocycles. The van der Waals surface area contributed by atoms with Gasteiger partial charge in [0.2, 0.25) is 0 Å². The van der Waals surface area contributed by atoms with Crippen molar-refractivity contribution >= 4 is 27.8 Å². The molecule has 1 aromatic rings. The second-order valence-corrected chi connectivity index (χ2v) is 5.56. The maximum absolute atomic E-state index is 11.4. The Morgan fingerprint density at radius 1 is 1.63 bits per heavy atom. The average molecular weight is 284 g/mol. The van der Waals surface area contributed by atoms with Gasteiger partial charge in [-0.3, -0.25) is 14.9 Å². The fraction of sp³-hybridized carbons (Fsp3) is 0.583. The SMILES string of the molecule is COCCN(c1sc(C(C)=O)cc1[N+](=O)[O-])C1CC1. The largest absolute Gasteiger partial charge is 0.383 e. The van der Waals surface area contributed by atoms with Gasteiger partial charge in [0.05, 0.1) is 16.4 Å². The predicted octanol–water partition coefficient (Wildman–Crippen LogP) is 2.47. The van der Waals surface area contributed by atoms with Crippen molar-refractivity contribution in [2.75, 3.05) is 25.2 Å². The van der Waals surface area contributed by atoms with Crippen LogP contribution in [-0.2, 0) is 4.74 Å². The Bertz CT molecular complexity index is 496. The van der Waals surface area contributed by atoms with Crippen LogP contribution >= 0.6 is 11.3 Å². The standard InChI is InChI=1S/C12H16N2O4S/c1-8(15)11-7-10(14(16)17)12(19-11)13(5-6-18-2)9-3-4-9/h7,9H,3-6H2,1-2H3. The summed E-state index contributed by atoms with van der Waals surface area (Å²) in [4.78, 5) is 24.5. The number of nitro groups is 1. The van der Waals surface area contributed by atoms with Crippen LogP contribution in [-0.4, -0.2) is 37.0 Å². The van der Waals surface area contributed by atoms with Crippen LogP contribution in [0.5, 0.6) is 0 Å². The van der Waals surface area contributed by atoms with Crippen molar-refractivity contribution in [1.29, 1.82) is 0 Å². The van der Waals surface area contributed by atoms with Crippen molar-refractivity contribution in [2.45, 2.75) is 25.8 Å². The Labute approximate surface area is 115 Å². The summed E-state index contributed by atoms with van der Waals surface area (Å²) in [5.74, 6) is -0.137. The maximum atomic E-state index is 11.4. The molecule has 0 atom stereocenters. The highest BCUT2D eigenvalue weighted by atomic mass is 32.1. The van der Waals surface area contributed by atoms with Crippen LogP contribution in [0, 0.1) is 10.1 Å². The van der Waals surface area contributed by atoms with Crippen molar-refractivity contribution in [2.24, 2.45) is 0 Å². The molecule has 0 aliphatic heterocycles. The molecule has 0 bridgehead atoms. The summed E-state index contributed by atoms with van der Waals surface area (Å²) in [6, 6.07) is 1.72. The Morgan fingerprint density at radius 2 is 2.32 bits per heavy atom. The van der Waals surface area contributed by atoms with Crippen LogP contribution in [0.1, 0.15) is 29.4 Å². The van der Waals surface area contributed by atoms with Gasteiger partial charge in [0.1, 0.15) is 0 Å². The minimum absolute atomic E-state index is 0.0261. The molecule has 1 aromatic heterocycles. The zero-order valence-electron chi connectivity index (χ0n) is 10.9. The zero-order valence-corrected chi connectivity index (χ0v) is 11.7. The van der Waals surface area contributed by atoms with Gasteiger partial charge in [0.15, 0.2) is 10.8 Å². The number of hydrogen-bond acceptors (Lipinski definition) is 6. The van der Waals surface area contributed by atoms with E-state index in [2.05, 4.69) is 0 Å². The van der Waals surface area contributed by atoms with Gasteiger partial charge >= 0.3 is 5.69 Å². The molecule has 19 heavy (non-hydrogen) atoms. The molecule has 1 heterocycles. The van der Waals surface area contributed by atoms with Gasteiger partial charge in [-0.2, -0.15) is 0 Å². The normalized spacial score (nSPS) is 14.4. The first-order chi connectivity index (χ1) is 9.04. The minimum atomic E-state index is -0.416. The summed E-state index contributed by atoms with van der Waals surface area (Å²) < 4.78 is 5.05. The summed E-state index contributed by atoms with van der Waals surface area (Å²) >= 11 is 1.20. The molecular weight excluding hydrogens is 268 g/mol. The quantitative estimate of drug-likeness (QED) is 0.437. The van der Waals surface area contributed by atoms with Gasteiger partial charge in [-0.15, -0.1) is 11.3 Å². The third kappa shape index (κ3) is 3.10. The first kappa shape index (κ1) is 14.0. The lowest BCUT2D eigenvalue weighted by molar-refractivity contribution is -0.383. The molecule has 6 nitrogen and oxygen atoms in total. The monoisotopic (exact) mass is 284 g/mol. The highest BCUT2D eigenvalue weighted by molar-refractivity contribution is 7.18. The molecular formula is C12H16N2O4S. The summed E-state index contributed by atoms with van der Waals surface area (Å²) in [6.07, 6.45) is 2.07. The van der Waals surface area contributed by atoms with Crippen LogP contribution in [0.25, 0.3) is 0 Å². The Hall–Kier alpha value is -1.47. The van der Waals surface area contributed by atoms with E-state index in [1.807, 2.05) is 4.90 Å². The zero-order chi connectivity index (χ0) is 14.0. The molecule has 104 valence electrons. The van der Waals surface area contributed by atoms with E-state index in [0.717, 1.165) is 12.8 Å². The van der Waals surface area contributed by atoms with Gasteiger partial charge in [-0.05, 0) is 19.8 Å². The second kappa shape index (κ2) is 5.66. The molecule has 0 unspecified atom stereocenters. The highest BCUT2D eigenvalue weighted by Crippen LogP contribution is 2.42. The number of anilines is 1. The summed E-state index contributed by atoms with van der Waals surface area (Å²) in [5, 5.41) is 11.7. The van der Waals surface area contributed by atoms with E-state index in [9.17, 15) is 14.9 Å². The summed E-state index contributed by atoms with van der Waals surface area (Å²) in [6.45, 7) is 2.55. The maximum Gasteiger partial charge on any atom is 0.304 e. The Morgan fingerprint density at radius 3 is 2.79 bits per heavy atom. The average Bonchev–Trinajstić information content (AvgIpc) is 3.07. The molecule has 0 aromatic carbocycles. The number of rotatable bonds is 7. The first-order valence-electron chi connectivity index (χ1n) is 6.09. The molecule has 1 saturated carbocycles. The number of thiophene rings is 1. The molecule has 0 amide bonds. The molecule has 0 radical (unpaired) electrons. The van der Waals surface area contributed by atoms with Gasteiger partial charge < -0.3 is 9.64 Å². The number of carbonyl (C=O) groups is 1. The van der Waals surface area contributed by atoms with Gasteiger partial charge in [0.25, 0.3) is 0 Å². The number of ether oxygens (including phenoxy) is 1.